The number of imidazole rings is 1. The first-order valence-corrected chi connectivity index (χ1v) is 8.56. The van der Waals surface area contributed by atoms with Crippen LogP contribution in [0, 0.1) is 5.92 Å². The van der Waals surface area contributed by atoms with Crippen LogP contribution in [0.3, 0.4) is 0 Å². The summed E-state index contributed by atoms with van der Waals surface area (Å²) in [5.74, 6) is 0.253. The summed E-state index contributed by atoms with van der Waals surface area (Å²) < 4.78 is 0. The Morgan fingerprint density at radius 1 is 1.25 bits per heavy atom. The van der Waals surface area contributed by atoms with Crippen molar-refractivity contribution in [2.45, 2.75) is 25.3 Å². The Balaban J connectivity index is 1.28. The molecule has 0 radical (unpaired) electrons. The minimum Gasteiger partial charge on any atom is -0.350 e. The van der Waals surface area contributed by atoms with Gasteiger partial charge in [-0.05, 0) is 42.9 Å². The molecule has 6 nitrogen and oxygen atoms in total. The number of hydrogen-bond acceptors (Lipinski definition) is 3. The third-order valence-corrected chi connectivity index (χ3v) is 5.25. The van der Waals surface area contributed by atoms with Gasteiger partial charge in [-0.25, -0.2) is 4.79 Å². The topological polar surface area (TPSA) is 81.0 Å². The highest BCUT2D eigenvalue weighted by Gasteiger charge is 2.32. The molecule has 4 rings (SSSR count). The molecule has 126 valence electrons. The highest BCUT2D eigenvalue weighted by molar-refractivity contribution is 5.91. The fourth-order valence-corrected chi connectivity index (χ4v) is 3.94. The number of benzene rings is 1. The minimum atomic E-state index is -0.354. The molecule has 6 heteroatoms. The van der Waals surface area contributed by atoms with Crippen LogP contribution in [0.15, 0.2) is 35.3 Å². The summed E-state index contributed by atoms with van der Waals surface area (Å²) in [5, 5.41) is 2.93. The van der Waals surface area contributed by atoms with E-state index in [1.807, 2.05) is 0 Å². The molecule has 2 aromatic rings. The maximum absolute atomic E-state index is 12.0. The highest BCUT2D eigenvalue weighted by atomic mass is 16.2. The number of carbonyl (C=O) groups excluding carboxylic acids is 1. The average molecular weight is 326 g/mol. The molecule has 3 N–H and O–H groups in total. The van der Waals surface area contributed by atoms with Gasteiger partial charge in [0.1, 0.15) is 5.69 Å². The van der Waals surface area contributed by atoms with E-state index >= 15 is 0 Å². The monoisotopic (exact) mass is 326 g/mol. The van der Waals surface area contributed by atoms with Crippen molar-refractivity contribution in [3.63, 3.8) is 0 Å². The van der Waals surface area contributed by atoms with Gasteiger partial charge >= 0.3 is 5.69 Å². The lowest BCUT2D eigenvalue weighted by Crippen LogP contribution is -2.36. The van der Waals surface area contributed by atoms with Crippen LogP contribution in [0.1, 0.15) is 28.0 Å². The molecule has 1 unspecified atom stereocenters. The second kappa shape index (κ2) is 6.28. The number of carbonyl (C=O) groups is 1. The van der Waals surface area contributed by atoms with Crippen molar-refractivity contribution in [1.29, 1.82) is 0 Å². The molecule has 24 heavy (non-hydrogen) atoms. The van der Waals surface area contributed by atoms with E-state index in [1.165, 1.54) is 17.3 Å². The van der Waals surface area contributed by atoms with Gasteiger partial charge in [-0.3, -0.25) is 9.69 Å². The number of hydrogen-bond donors (Lipinski definition) is 3. The molecule has 1 saturated heterocycles. The molecule has 1 aliphatic carbocycles. The van der Waals surface area contributed by atoms with Gasteiger partial charge in [-0.15, -0.1) is 0 Å². The molecule has 1 aromatic heterocycles. The van der Waals surface area contributed by atoms with E-state index in [9.17, 15) is 9.59 Å². The first-order chi connectivity index (χ1) is 11.7. The minimum absolute atomic E-state index is 0.222. The molecule has 1 amide bonds. The van der Waals surface area contributed by atoms with Gasteiger partial charge in [0.15, 0.2) is 0 Å². The summed E-state index contributed by atoms with van der Waals surface area (Å²) in [6.07, 6.45) is 4.80. The third-order valence-electron chi connectivity index (χ3n) is 5.25. The molecule has 1 aliphatic heterocycles. The molecular formula is C18H22N4O2. The van der Waals surface area contributed by atoms with Crippen molar-refractivity contribution in [3.8, 4) is 0 Å². The maximum atomic E-state index is 12.0. The van der Waals surface area contributed by atoms with Crippen LogP contribution in [0.4, 0.5) is 0 Å². The first kappa shape index (κ1) is 15.2. The van der Waals surface area contributed by atoms with Gasteiger partial charge in [-0.1, -0.05) is 24.3 Å². The van der Waals surface area contributed by atoms with Gasteiger partial charge in [0.2, 0.25) is 0 Å². The predicted octanol–water partition coefficient (Wildman–Crippen LogP) is 0.922. The number of rotatable bonds is 4. The zero-order valence-electron chi connectivity index (χ0n) is 13.5. The van der Waals surface area contributed by atoms with Crippen LogP contribution in [0.2, 0.25) is 0 Å². The number of amides is 1. The van der Waals surface area contributed by atoms with Crippen molar-refractivity contribution in [2.24, 2.45) is 5.92 Å². The summed E-state index contributed by atoms with van der Waals surface area (Å²) in [7, 11) is 0. The predicted molar refractivity (Wildman–Crippen MR) is 91.1 cm³/mol. The number of H-pyrrole nitrogens is 2. The van der Waals surface area contributed by atoms with Crippen LogP contribution in [-0.2, 0) is 12.8 Å². The lowest BCUT2D eigenvalue weighted by Gasteiger charge is -2.23. The Labute approximate surface area is 140 Å². The smallest absolute Gasteiger partial charge is 0.323 e. The van der Waals surface area contributed by atoms with Gasteiger partial charge < -0.3 is 15.3 Å². The number of likely N-dealkylation sites (tertiary alicyclic amines) is 1. The van der Waals surface area contributed by atoms with Crippen LogP contribution in [0.25, 0.3) is 0 Å². The van der Waals surface area contributed by atoms with Crippen molar-refractivity contribution >= 4 is 5.91 Å². The van der Waals surface area contributed by atoms with Crippen LogP contribution < -0.4 is 11.0 Å². The summed E-state index contributed by atoms with van der Waals surface area (Å²) >= 11 is 0. The van der Waals surface area contributed by atoms with E-state index in [0.717, 1.165) is 32.4 Å². The number of nitrogens with one attached hydrogen (secondary N) is 3. The van der Waals surface area contributed by atoms with Gasteiger partial charge in [0.25, 0.3) is 5.91 Å². The first-order valence-electron chi connectivity index (χ1n) is 8.56. The Kier molecular flexibility index (Phi) is 3.98. The number of aromatic nitrogens is 2. The number of nitrogens with zero attached hydrogens (tertiary/aromatic N) is 1. The van der Waals surface area contributed by atoms with Crippen molar-refractivity contribution in [3.05, 3.63) is 57.8 Å². The van der Waals surface area contributed by atoms with E-state index in [-0.39, 0.29) is 11.6 Å². The molecule has 1 atom stereocenters. The Morgan fingerprint density at radius 2 is 2.00 bits per heavy atom. The van der Waals surface area contributed by atoms with Crippen LogP contribution >= 0.6 is 0 Å². The van der Waals surface area contributed by atoms with Crippen LogP contribution in [-0.4, -0.2) is 46.5 Å². The van der Waals surface area contributed by atoms with Gasteiger partial charge in [-0.2, -0.15) is 0 Å². The number of aromatic amines is 2. The van der Waals surface area contributed by atoms with E-state index < -0.39 is 0 Å². The fourth-order valence-electron chi connectivity index (χ4n) is 3.94. The van der Waals surface area contributed by atoms with Crippen molar-refractivity contribution < 1.29 is 4.79 Å². The number of fused-ring (bicyclic) bond motifs is 1. The lowest BCUT2D eigenvalue weighted by atomic mass is 10.1. The lowest BCUT2D eigenvalue weighted by molar-refractivity contribution is 0.0942. The SMILES string of the molecule is O=C(NCC1CCN(C2Cc3ccccc3C2)C1)c1c[nH]c(=O)[nH]1. The molecular weight excluding hydrogens is 304 g/mol. The van der Waals surface area contributed by atoms with Gasteiger partial charge in [0, 0.05) is 25.3 Å². The zero-order valence-corrected chi connectivity index (χ0v) is 13.5. The Bertz CT molecular complexity index is 769. The Morgan fingerprint density at radius 3 is 2.67 bits per heavy atom. The third kappa shape index (κ3) is 3.01. The quantitative estimate of drug-likeness (QED) is 0.781. The second-order valence-electron chi connectivity index (χ2n) is 6.85. The highest BCUT2D eigenvalue weighted by Crippen LogP contribution is 2.29. The standard InChI is InChI=1S/C18H22N4O2/c23-17(16-10-20-18(24)21-16)19-9-12-5-6-22(11-12)15-7-13-3-1-2-4-14(13)8-15/h1-4,10,12,15H,5-9,11H2,(H,19,23)(H2,20,21,24). The van der Waals surface area contributed by atoms with Gasteiger partial charge in [0.05, 0.1) is 0 Å². The second-order valence-corrected chi connectivity index (χ2v) is 6.85. The van der Waals surface area contributed by atoms with E-state index in [2.05, 4.69) is 44.5 Å². The molecule has 2 aliphatic rings. The van der Waals surface area contributed by atoms with Crippen LogP contribution in [0.5, 0.6) is 0 Å². The molecule has 1 aromatic carbocycles. The summed E-state index contributed by atoms with van der Waals surface area (Å²) in [6.45, 7) is 2.78. The normalized spacial score (nSPS) is 21.1. The summed E-state index contributed by atoms with van der Waals surface area (Å²) in [6, 6.07) is 9.31. The largest absolute Gasteiger partial charge is 0.350 e. The molecule has 0 spiro atoms. The average Bonchev–Trinajstić information content (AvgIpc) is 3.31. The van der Waals surface area contributed by atoms with E-state index in [1.54, 1.807) is 0 Å². The zero-order chi connectivity index (χ0) is 16.5. The van der Waals surface area contributed by atoms with Crippen molar-refractivity contribution in [2.75, 3.05) is 19.6 Å². The summed E-state index contributed by atoms with van der Waals surface area (Å²) in [4.78, 5) is 30.5. The molecule has 1 fully saturated rings. The molecule has 0 saturated carbocycles. The van der Waals surface area contributed by atoms with E-state index in [4.69, 9.17) is 0 Å². The Hall–Kier alpha value is -2.34. The van der Waals surface area contributed by atoms with E-state index in [0.29, 0.717) is 24.2 Å². The fraction of sp³-hybridized carbons (Fsp3) is 0.444. The molecule has 0 bridgehead atoms. The van der Waals surface area contributed by atoms with Crippen molar-refractivity contribution in [1.82, 2.24) is 20.2 Å². The summed E-state index contributed by atoms with van der Waals surface area (Å²) in [5.41, 5.74) is 2.90. The molecule has 2 heterocycles. The maximum Gasteiger partial charge on any atom is 0.323 e.